The fourth-order valence-corrected chi connectivity index (χ4v) is 3.12. The molecule has 0 radical (unpaired) electrons. The maximum atomic E-state index is 2.55. The van der Waals surface area contributed by atoms with E-state index in [4.69, 9.17) is 0 Å². The molecule has 2 aliphatic rings. The van der Waals surface area contributed by atoms with Gasteiger partial charge in [-0.25, -0.2) is 0 Å². The molecule has 2 aliphatic heterocycles. The number of aryl methyl sites for hydroxylation is 1. The second-order valence-corrected chi connectivity index (χ2v) is 5.39. The summed E-state index contributed by atoms with van der Waals surface area (Å²) in [6.45, 7) is 3.69. The van der Waals surface area contributed by atoms with Crippen LogP contribution in [0.2, 0.25) is 0 Å². The van der Waals surface area contributed by atoms with Crippen molar-refractivity contribution in [2.45, 2.75) is 32.1 Å². The van der Waals surface area contributed by atoms with E-state index in [1.165, 1.54) is 63.1 Å². The minimum atomic E-state index is 1.20. The van der Waals surface area contributed by atoms with Crippen LogP contribution in [0.15, 0.2) is 18.2 Å². The Hall–Kier alpha value is -1.18. The Bertz CT molecular complexity index is 394. The van der Waals surface area contributed by atoms with Crippen LogP contribution in [0.4, 0.5) is 11.4 Å². The van der Waals surface area contributed by atoms with Crippen LogP contribution >= 0.6 is 0 Å². The Balaban J connectivity index is 1.86. The Morgan fingerprint density at radius 1 is 0.941 bits per heavy atom. The molecule has 17 heavy (non-hydrogen) atoms. The SMILES string of the molecule is CN1CCCc2cc(N3CCCCC3)ccc21. The summed E-state index contributed by atoms with van der Waals surface area (Å²) < 4.78 is 0. The van der Waals surface area contributed by atoms with Crippen LogP contribution in [0.3, 0.4) is 0 Å². The summed E-state index contributed by atoms with van der Waals surface area (Å²) in [5, 5.41) is 0. The fraction of sp³-hybridized carbons (Fsp3) is 0.600. The van der Waals surface area contributed by atoms with Gasteiger partial charge < -0.3 is 9.80 Å². The number of hydrogen-bond acceptors (Lipinski definition) is 2. The maximum Gasteiger partial charge on any atom is 0.0397 e. The molecule has 0 unspecified atom stereocenters. The molecule has 1 aromatic rings. The third-order valence-corrected chi connectivity index (χ3v) is 4.14. The lowest BCUT2D eigenvalue weighted by Gasteiger charge is -2.32. The topological polar surface area (TPSA) is 6.48 Å². The lowest BCUT2D eigenvalue weighted by molar-refractivity contribution is 0.577. The number of nitrogens with zero attached hydrogens (tertiary/aromatic N) is 2. The third-order valence-electron chi connectivity index (χ3n) is 4.14. The van der Waals surface area contributed by atoms with E-state index in [-0.39, 0.29) is 0 Å². The first-order chi connectivity index (χ1) is 8.34. The second-order valence-electron chi connectivity index (χ2n) is 5.39. The van der Waals surface area contributed by atoms with Crippen molar-refractivity contribution in [2.75, 3.05) is 36.5 Å². The summed E-state index contributed by atoms with van der Waals surface area (Å²) in [5.41, 5.74) is 4.43. The van der Waals surface area contributed by atoms with Crippen molar-refractivity contribution < 1.29 is 0 Å². The lowest BCUT2D eigenvalue weighted by Crippen LogP contribution is -2.30. The first-order valence-electron chi connectivity index (χ1n) is 6.93. The molecule has 0 atom stereocenters. The smallest absolute Gasteiger partial charge is 0.0397 e. The minimum absolute atomic E-state index is 1.20. The van der Waals surface area contributed by atoms with E-state index >= 15 is 0 Å². The Kier molecular flexibility index (Phi) is 2.96. The summed E-state index contributed by atoms with van der Waals surface area (Å²) in [5.74, 6) is 0. The van der Waals surface area contributed by atoms with Gasteiger partial charge in [0.1, 0.15) is 0 Å². The standard InChI is InChI=1S/C15H22N2/c1-16-9-5-6-13-12-14(7-8-15(13)16)17-10-3-2-4-11-17/h7-8,12H,2-6,9-11H2,1H3. The van der Waals surface area contributed by atoms with E-state index in [2.05, 4.69) is 35.0 Å². The van der Waals surface area contributed by atoms with Crippen molar-refractivity contribution in [1.82, 2.24) is 0 Å². The van der Waals surface area contributed by atoms with Gasteiger partial charge in [0.2, 0.25) is 0 Å². The summed E-state index contributed by atoms with van der Waals surface area (Å²) in [7, 11) is 2.21. The molecular weight excluding hydrogens is 208 g/mol. The average Bonchev–Trinajstić information content (AvgIpc) is 2.40. The van der Waals surface area contributed by atoms with Crippen LogP contribution in [-0.4, -0.2) is 26.7 Å². The highest BCUT2D eigenvalue weighted by Crippen LogP contribution is 2.30. The Morgan fingerprint density at radius 3 is 2.59 bits per heavy atom. The van der Waals surface area contributed by atoms with E-state index in [1.54, 1.807) is 5.56 Å². The zero-order valence-corrected chi connectivity index (χ0v) is 10.8. The van der Waals surface area contributed by atoms with E-state index < -0.39 is 0 Å². The number of piperidine rings is 1. The number of anilines is 2. The Labute approximate surface area is 104 Å². The molecule has 0 saturated carbocycles. The van der Waals surface area contributed by atoms with Crippen molar-refractivity contribution in [3.05, 3.63) is 23.8 Å². The van der Waals surface area contributed by atoms with E-state index in [0.29, 0.717) is 0 Å². The van der Waals surface area contributed by atoms with Gasteiger partial charge in [-0.2, -0.15) is 0 Å². The average molecular weight is 230 g/mol. The van der Waals surface area contributed by atoms with Crippen LogP contribution in [0.25, 0.3) is 0 Å². The van der Waals surface area contributed by atoms with Gasteiger partial charge in [-0.05, 0) is 55.9 Å². The number of benzene rings is 1. The molecule has 1 saturated heterocycles. The summed E-state index contributed by atoms with van der Waals surface area (Å²) in [6, 6.07) is 7.06. The highest BCUT2D eigenvalue weighted by atomic mass is 15.1. The quantitative estimate of drug-likeness (QED) is 0.731. The van der Waals surface area contributed by atoms with Crippen LogP contribution in [0, 0.1) is 0 Å². The van der Waals surface area contributed by atoms with Gasteiger partial charge >= 0.3 is 0 Å². The molecule has 0 aliphatic carbocycles. The van der Waals surface area contributed by atoms with E-state index in [1.807, 2.05) is 0 Å². The predicted octanol–water partition coefficient (Wildman–Crippen LogP) is 3.06. The van der Waals surface area contributed by atoms with Crippen molar-refractivity contribution in [2.24, 2.45) is 0 Å². The van der Waals surface area contributed by atoms with Crippen LogP contribution in [0.5, 0.6) is 0 Å². The maximum absolute atomic E-state index is 2.55. The third kappa shape index (κ3) is 2.13. The van der Waals surface area contributed by atoms with Crippen molar-refractivity contribution >= 4 is 11.4 Å². The van der Waals surface area contributed by atoms with Crippen LogP contribution in [-0.2, 0) is 6.42 Å². The number of rotatable bonds is 1. The van der Waals surface area contributed by atoms with Crippen molar-refractivity contribution in [3.63, 3.8) is 0 Å². The zero-order valence-electron chi connectivity index (χ0n) is 10.8. The molecule has 0 N–H and O–H groups in total. The van der Waals surface area contributed by atoms with E-state index in [0.717, 1.165) is 0 Å². The summed E-state index contributed by atoms with van der Waals surface area (Å²) >= 11 is 0. The monoisotopic (exact) mass is 230 g/mol. The number of fused-ring (bicyclic) bond motifs is 1. The highest BCUT2D eigenvalue weighted by Gasteiger charge is 2.16. The fourth-order valence-electron chi connectivity index (χ4n) is 3.12. The van der Waals surface area contributed by atoms with Gasteiger partial charge in [0, 0.05) is 38.1 Å². The highest BCUT2D eigenvalue weighted by molar-refractivity contribution is 5.62. The molecule has 1 aromatic carbocycles. The zero-order chi connectivity index (χ0) is 11.7. The van der Waals surface area contributed by atoms with Gasteiger partial charge in [-0.1, -0.05) is 0 Å². The minimum Gasteiger partial charge on any atom is -0.374 e. The molecule has 92 valence electrons. The van der Waals surface area contributed by atoms with Gasteiger partial charge in [0.05, 0.1) is 0 Å². The largest absolute Gasteiger partial charge is 0.374 e. The molecule has 2 heterocycles. The molecular formula is C15H22N2. The summed E-state index contributed by atoms with van der Waals surface area (Å²) in [6.07, 6.45) is 6.67. The molecule has 2 nitrogen and oxygen atoms in total. The van der Waals surface area contributed by atoms with Gasteiger partial charge in [0.15, 0.2) is 0 Å². The van der Waals surface area contributed by atoms with Crippen molar-refractivity contribution in [1.29, 1.82) is 0 Å². The molecule has 0 bridgehead atoms. The molecule has 2 heteroatoms. The second kappa shape index (κ2) is 4.59. The van der Waals surface area contributed by atoms with Crippen LogP contribution < -0.4 is 9.80 Å². The summed E-state index contributed by atoms with van der Waals surface area (Å²) in [4.78, 5) is 4.94. The lowest BCUT2D eigenvalue weighted by atomic mass is 10.0. The molecule has 3 rings (SSSR count). The van der Waals surface area contributed by atoms with Gasteiger partial charge in [-0.15, -0.1) is 0 Å². The van der Waals surface area contributed by atoms with Crippen LogP contribution in [0.1, 0.15) is 31.2 Å². The predicted molar refractivity (Wildman–Crippen MR) is 74.1 cm³/mol. The molecule has 0 amide bonds. The number of hydrogen-bond donors (Lipinski definition) is 0. The van der Waals surface area contributed by atoms with Crippen molar-refractivity contribution in [3.8, 4) is 0 Å². The van der Waals surface area contributed by atoms with E-state index in [9.17, 15) is 0 Å². The normalized spacial score (nSPS) is 20.3. The Morgan fingerprint density at radius 2 is 1.76 bits per heavy atom. The first kappa shape index (κ1) is 10.9. The van der Waals surface area contributed by atoms with Gasteiger partial charge in [0.25, 0.3) is 0 Å². The molecule has 0 aromatic heterocycles. The van der Waals surface area contributed by atoms with Gasteiger partial charge in [-0.3, -0.25) is 0 Å². The first-order valence-corrected chi connectivity index (χ1v) is 6.93. The molecule has 1 fully saturated rings. The molecule has 0 spiro atoms.